The van der Waals surface area contributed by atoms with E-state index in [9.17, 15) is 0 Å². The Bertz CT molecular complexity index is 557. The largest absolute Gasteiger partial charge is 0.366 e. The summed E-state index contributed by atoms with van der Waals surface area (Å²) in [5.74, 6) is 6.83. The molecule has 1 aliphatic rings. The van der Waals surface area contributed by atoms with E-state index in [2.05, 4.69) is 27.6 Å². The summed E-state index contributed by atoms with van der Waals surface area (Å²) in [6.45, 7) is 3.23. The molecule has 0 saturated heterocycles. The molecule has 1 aliphatic carbocycles. The fraction of sp³-hybridized carbons (Fsp3) is 0.500. The Morgan fingerprint density at radius 2 is 2.33 bits per heavy atom. The molecule has 6 nitrogen and oxygen atoms in total. The van der Waals surface area contributed by atoms with Gasteiger partial charge in [-0.05, 0) is 18.3 Å². The Balaban J connectivity index is 1.87. The van der Waals surface area contributed by atoms with E-state index in [1.807, 2.05) is 16.8 Å². The fourth-order valence-corrected chi connectivity index (χ4v) is 2.37. The Morgan fingerprint density at radius 1 is 1.50 bits per heavy atom. The van der Waals surface area contributed by atoms with Gasteiger partial charge in [0.05, 0.1) is 6.20 Å². The maximum Gasteiger partial charge on any atom is 0.180 e. The molecule has 3 rings (SSSR count). The molecule has 0 bridgehead atoms. The van der Waals surface area contributed by atoms with Crippen LogP contribution >= 0.6 is 0 Å². The second kappa shape index (κ2) is 4.13. The zero-order valence-electron chi connectivity index (χ0n) is 10.5. The summed E-state index contributed by atoms with van der Waals surface area (Å²) in [6.07, 6.45) is 9.34. The van der Waals surface area contributed by atoms with Crippen molar-refractivity contribution in [3.05, 3.63) is 18.6 Å². The lowest BCUT2D eigenvalue weighted by Crippen LogP contribution is -2.33. The van der Waals surface area contributed by atoms with Gasteiger partial charge in [-0.15, -0.1) is 0 Å². The molecule has 0 atom stereocenters. The van der Waals surface area contributed by atoms with Gasteiger partial charge in [-0.1, -0.05) is 13.3 Å². The third-order valence-electron chi connectivity index (χ3n) is 3.77. The molecule has 96 valence electrons. The molecular formula is C12H18N6. The summed E-state index contributed by atoms with van der Waals surface area (Å²) in [5, 5.41) is 3.40. The normalized spacial score (nSPS) is 17.4. The maximum absolute atomic E-state index is 5.42. The number of nitrogens with one attached hydrogen (secondary N) is 2. The molecule has 0 aliphatic heterocycles. The minimum Gasteiger partial charge on any atom is -0.366 e. The van der Waals surface area contributed by atoms with Crippen molar-refractivity contribution in [3.63, 3.8) is 0 Å². The molecule has 0 aromatic carbocycles. The van der Waals surface area contributed by atoms with Crippen molar-refractivity contribution >= 4 is 17.3 Å². The van der Waals surface area contributed by atoms with E-state index in [1.54, 1.807) is 6.20 Å². The van der Waals surface area contributed by atoms with Gasteiger partial charge in [-0.3, -0.25) is 0 Å². The fourth-order valence-electron chi connectivity index (χ4n) is 2.37. The van der Waals surface area contributed by atoms with Crippen LogP contribution in [-0.2, 0) is 0 Å². The molecule has 2 aromatic rings. The smallest absolute Gasteiger partial charge is 0.180 e. The summed E-state index contributed by atoms with van der Waals surface area (Å²) in [7, 11) is 0. The van der Waals surface area contributed by atoms with E-state index in [0.29, 0.717) is 11.2 Å². The first-order valence-electron chi connectivity index (χ1n) is 6.24. The summed E-state index contributed by atoms with van der Waals surface area (Å²) >= 11 is 0. The molecule has 18 heavy (non-hydrogen) atoms. The predicted molar refractivity (Wildman–Crippen MR) is 71.2 cm³/mol. The molecule has 0 amide bonds. The van der Waals surface area contributed by atoms with Crippen molar-refractivity contribution in [2.24, 2.45) is 11.3 Å². The van der Waals surface area contributed by atoms with Crippen molar-refractivity contribution in [1.29, 1.82) is 0 Å². The average molecular weight is 246 g/mol. The van der Waals surface area contributed by atoms with Crippen molar-refractivity contribution in [1.82, 2.24) is 14.4 Å². The van der Waals surface area contributed by atoms with Crippen LogP contribution in [0.25, 0.3) is 5.65 Å². The first kappa shape index (κ1) is 11.3. The molecule has 1 fully saturated rings. The predicted octanol–water partition coefficient (Wildman–Crippen LogP) is 1.62. The highest BCUT2D eigenvalue weighted by Gasteiger charge is 2.31. The summed E-state index contributed by atoms with van der Waals surface area (Å²) in [4.78, 5) is 8.73. The van der Waals surface area contributed by atoms with Crippen molar-refractivity contribution in [2.75, 3.05) is 17.3 Å². The van der Waals surface area contributed by atoms with Crippen LogP contribution < -0.4 is 16.6 Å². The zero-order valence-corrected chi connectivity index (χ0v) is 10.5. The molecule has 1 saturated carbocycles. The number of hydrazine groups is 1. The van der Waals surface area contributed by atoms with Gasteiger partial charge in [0.1, 0.15) is 0 Å². The Labute approximate surface area is 106 Å². The van der Waals surface area contributed by atoms with E-state index >= 15 is 0 Å². The van der Waals surface area contributed by atoms with Gasteiger partial charge in [0.2, 0.25) is 0 Å². The highest BCUT2D eigenvalue weighted by Crippen LogP contribution is 2.40. The molecule has 0 radical (unpaired) electrons. The molecule has 0 spiro atoms. The zero-order chi connectivity index (χ0) is 12.6. The van der Waals surface area contributed by atoms with Gasteiger partial charge in [0, 0.05) is 18.9 Å². The van der Waals surface area contributed by atoms with Crippen LogP contribution in [0.3, 0.4) is 0 Å². The van der Waals surface area contributed by atoms with E-state index in [4.69, 9.17) is 5.84 Å². The second-order valence-electron chi connectivity index (χ2n) is 5.29. The van der Waals surface area contributed by atoms with Crippen molar-refractivity contribution in [2.45, 2.75) is 26.2 Å². The lowest BCUT2D eigenvalue weighted by molar-refractivity contribution is 0.180. The van der Waals surface area contributed by atoms with Gasteiger partial charge in [0.15, 0.2) is 17.3 Å². The number of nitrogens with zero attached hydrogens (tertiary/aromatic N) is 3. The van der Waals surface area contributed by atoms with E-state index in [0.717, 1.165) is 18.0 Å². The third-order valence-corrected chi connectivity index (χ3v) is 3.77. The number of anilines is 2. The number of nitrogen functional groups attached to an aromatic ring is 1. The average Bonchev–Trinajstić information content (AvgIpc) is 2.81. The topological polar surface area (TPSA) is 80.3 Å². The van der Waals surface area contributed by atoms with Crippen LogP contribution in [0.5, 0.6) is 0 Å². The van der Waals surface area contributed by atoms with Gasteiger partial charge in [-0.2, -0.15) is 0 Å². The summed E-state index contributed by atoms with van der Waals surface area (Å²) < 4.78 is 1.91. The maximum atomic E-state index is 5.42. The Kier molecular flexibility index (Phi) is 2.59. The third kappa shape index (κ3) is 1.88. The Morgan fingerprint density at radius 3 is 3.00 bits per heavy atom. The van der Waals surface area contributed by atoms with Gasteiger partial charge >= 0.3 is 0 Å². The standard InChI is InChI=1S/C12H18N6/c1-12(3-2-4-12)8-15-10-11-14-5-6-18(11)7-9(16-10)17-13/h5-7,17H,2-4,8,13H2,1H3,(H,15,16). The van der Waals surface area contributed by atoms with Gasteiger partial charge in [-0.25, -0.2) is 15.8 Å². The molecule has 4 N–H and O–H groups in total. The number of rotatable bonds is 4. The molecule has 2 aromatic heterocycles. The minimum atomic E-state index is 0.400. The summed E-state index contributed by atoms with van der Waals surface area (Å²) in [5.41, 5.74) is 3.81. The summed E-state index contributed by atoms with van der Waals surface area (Å²) in [6, 6.07) is 0. The quantitative estimate of drug-likeness (QED) is 0.564. The van der Waals surface area contributed by atoms with E-state index in [1.165, 1.54) is 19.3 Å². The number of imidazole rings is 1. The lowest BCUT2D eigenvalue weighted by Gasteiger charge is -2.38. The number of fused-ring (bicyclic) bond motifs is 1. The van der Waals surface area contributed by atoms with Crippen LogP contribution in [0, 0.1) is 5.41 Å². The highest BCUT2D eigenvalue weighted by molar-refractivity contribution is 5.65. The Hall–Kier alpha value is -1.82. The number of aromatic nitrogens is 3. The molecule has 0 unspecified atom stereocenters. The number of hydrogen-bond acceptors (Lipinski definition) is 5. The lowest BCUT2D eigenvalue weighted by atomic mass is 9.70. The van der Waals surface area contributed by atoms with Crippen molar-refractivity contribution in [3.8, 4) is 0 Å². The first-order valence-corrected chi connectivity index (χ1v) is 6.24. The SMILES string of the molecule is CC1(CNc2nc(NN)cn3ccnc23)CCC1. The number of nitrogens with two attached hydrogens (primary N) is 1. The van der Waals surface area contributed by atoms with Crippen LogP contribution in [0.2, 0.25) is 0 Å². The molecular weight excluding hydrogens is 228 g/mol. The monoisotopic (exact) mass is 246 g/mol. The van der Waals surface area contributed by atoms with Crippen LogP contribution in [0.4, 0.5) is 11.6 Å². The molecule has 6 heteroatoms. The van der Waals surface area contributed by atoms with Crippen LogP contribution in [0.1, 0.15) is 26.2 Å². The van der Waals surface area contributed by atoms with Crippen molar-refractivity contribution < 1.29 is 0 Å². The number of hydrogen-bond donors (Lipinski definition) is 3. The van der Waals surface area contributed by atoms with E-state index < -0.39 is 0 Å². The highest BCUT2D eigenvalue weighted by atomic mass is 15.3. The van der Waals surface area contributed by atoms with Crippen LogP contribution in [-0.4, -0.2) is 20.9 Å². The first-order chi connectivity index (χ1) is 8.70. The van der Waals surface area contributed by atoms with E-state index in [-0.39, 0.29) is 0 Å². The molecule has 2 heterocycles. The minimum absolute atomic E-state index is 0.400. The second-order valence-corrected chi connectivity index (χ2v) is 5.29. The van der Waals surface area contributed by atoms with Gasteiger partial charge < -0.3 is 15.1 Å². The van der Waals surface area contributed by atoms with Crippen LogP contribution in [0.15, 0.2) is 18.6 Å². The van der Waals surface area contributed by atoms with Gasteiger partial charge in [0.25, 0.3) is 0 Å².